The highest BCUT2D eigenvalue weighted by Gasteiger charge is 2.29. The molecule has 154 valence electrons. The first-order chi connectivity index (χ1) is 14.0. The second-order valence-corrected chi connectivity index (χ2v) is 7.87. The van der Waals surface area contributed by atoms with Gasteiger partial charge in [-0.15, -0.1) is 0 Å². The van der Waals surface area contributed by atoms with Crippen molar-refractivity contribution in [2.75, 3.05) is 13.1 Å². The van der Waals surface area contributed by atoms with Gasteiger partial charge in [0.25, 0.3) is 0 Å². The Morgan fingerprint density at radius 2 is 1.66 bits per heavy atom. The number of carboxylic acid groups (broad SMARTS) is 1. The Labute approximate surface area is 172 Å². The van der Waals surface area contributed by atoms with Gasteiger partial charge in [-0.05, 0) is 49.8 Å². The number of carbonyl (C=O) groups excluding carboxylic acids is 1. The van der Waals surface area contributed by atoms with Crippen molar-refractivity contribution >= 4 is 11.9 Å². The zero-order valence-corrected chi connectivity index (χ0v) is 17.0. The highest BCUT2D eigenvalue weighted by Crippen LogP contribution is 2.25. The molecule has 2 aromatic carbocycles. The Bertz CT molecular complexity index is 755. The van der Waals surface area contributed by atoms with E-state index in [1.165, 1.54) is 0 Å². The molecule has 1 amide bonds. The van der Waals surface area contributed by atoms with E-state index in [4.69, 9.17) is 5.11 Å². The van der Waals surface area contributed by atoms with Crippen LogP contribution in [0.2, 0.25) is 0 Å². The van der Waals surface area contributed by atoms with Crippen LogP contribution in [-0.4, -0.2) is 41.0 Å². The third-order valence-corrected chi connectivity index (χ3v) is 5.80. The van der Waals surface area contributed by atoms with Crippen molar-refractivity contribution < 1.29 is 14.7 Å². The first-order valence-corrected chi connectivity index (χ1v) is 10.4. The molecule has 2 unspecified atom stereocenters. The van der Waals surface area contributed by atoms with Crippen molar-refractivity contribution in [1.82, 2.24) is 10.2 Å². The predicted octanol–water partition coefficient (Wildman–Crippen LogP) is 3.86. The first-order valence-electron chi connectivity index (χ1n) is 10.4. The van der Waals surface area contributed by atoms with Crippen LogP contribution in [0.4, 0.5) is 0 Å². The third kappa shape index (κ3) is 5.91. The quantitative estimate of drug-likeness (QED) is 0.713. The Kier molecular flexibility index (Phi) is 7.42. The summed E-state index contributed by atoms with van der Waals surface area (Å²) in [6.07, 6.45) is 2.91. The van der Waals surface area contributed by atoms with Crippen LogP contribution in [-0.2, 0) is 9.59 Å². The van der Waals surface area contributed by atoms with Gasteiger partial charge >= 0.3 is 5.97 Å². The first kappa shape index (κ1) is 21.1. The van der Waals surface area contributed by atoms with Gasteiger partial charge in [-0.3, -0.25) is 14.5 Å². The van der Waals surface area contributed by atoms with Crippen molar-refractivity contribution in [2.45, 2.75) is 44.7 Å². The van der Waals surface area contributed by atoms with Crippen molar-refractivity contribution in [2.24, 2.45) is 5.92 Å². The number of rotatable bonds is 8. The Hall–Kier alpha value is -2.66. The minimum absolute atomic E-state index is 0.00147. The number of aliphatic carboxylic acids is 1. The van der Waals surface area contributed by atoms with Crippen LogP contribution in [0.3, 0.4) is 0 Å². The molecule has 0 aromatic heterocycles. The minimum atomic E-state index is -0.749. The van der Waals surface area contributed by atoms with Gasteiger partial charge < -0.3 is 10.4 Å². The van der Waals surface area contributed by atoms with Crippen molar-refractivity contribution in [3.8, 4) is 0 Å². The van der Waals surface area contributed by atoms with E-state index in [0.717, 1.165) is 37.1 Å². The lowest BCUT2D eigenvalue weighted by molar-refractivity contribution is -0.137. The predicted molar refractivity (Wildman–Crippen MR) is 113 cm³/mol. The molecule has 2 aromatic rings. The second kappa shape index (κ2) is 10.2. The van der Waals surface area contributed by atoms with Gasteiger partial charge in [-0.25, -0.2) is 0 Å². The lowest BCUT2D eigenvalue weighted by atomic mass is 9.92. The molecule has 2 N–H and O–H groups in total. The molecule has 0 aliphatic carbocycles. The van der Waals surface area contributed by atoms with Crippen molar-refractivity contribution in [3.05, 3.63) is 71.8 Å². The van der Waals surface area contributed by atoms with Crippen LogP contribution in [0.1, 0.15) is 49.8 Å². The molecule has 5 heteroatoms. The van der Waals surface area contributed by atoms with Gasteiger partial charge in [0.1, 0.15) is 0 Å². The molecule has 5 nitrogen and oxygen atoms in total. The van der Waals surface area contributed by atoms with E-state index in [9.17, 15) is 9.59 Å². The molecular formula is C24H30N2O3. The SMILES string of the molecule is CC(C(=O)NC(c1ccccc1)c1ccccc1)N1CCCC(CCC(=O)O)C1. The normalized spacial score (nSPS) is 18.3. The number of benzene rings is 2. The van der Waals surface area contributed by atoms with E-state index < -0.39 is 5.97 Å². The number of piperidine rings is 1. The summed E-state index contributed by atoms with van der Waals surface area (Å²) >= 11 is 0. The van der Waals surface area contributed by atoms with Gasteiger partial charge in [0.15, 0.2) is 0 Å². The molecule has 1 heterocycles. The standard InChI is InChI=1S/C24H30N2O3/c1-18(26-16-8-9-19(17-26)14-15-22(27)28)24(29)25-23(20-10-4-2-5-11-20)21-12-6-3-7-13-21/h2-7,10-13,18-19,23H,8-9,14-17H2,1H3,(H,25,29)(H,27,28). The maximum absolute atomic E-state index is 13.1. The molecule has 29 heavy (non-hydrogen) atoms. The van der Waals surface area contributed by atoms with E-state index in [1.54, 1.807) is 0 Å². The molecule has 0 radical (unpaired) electrons. The largest absolute Gasteiger partial charge is 0.481 e. The maximum atomic E-state index is 13.1. The molecule has 2 atom stereocenters. The monoisotopic (exact) mass is 394 g/mol. The molecular weight excluding hydrogens is 364 g/mol. The molecule has 1 saturated heterocycles. The fourth-order valence-electron chi connectivity index (χ4n) is 4.09. The third-order valence-electron chi connectivity index (χ3n) is 5.80. The second-order valence-electron chi connectivity index (χ2n) is 7.87. The van der Waals surface area contributed by atoms with Gasteiger partial charge in [0.2, 0.25) is 5.91 Å². The van der Waals surface area contributed by atoms with Crippen LogP contribution in [0.25, 0.3) is 0 Å². The fourth-order valence-corrected chi connectivity index (χ4v) is 4.09. The average molecular weight is 395 g/mol. The lowest BCUT2D eigenvalue weighted by Gasteiger charge is -2.36. The average Bonchev–Trinajstić information content (AvgIpc) is 2.76. The number of carbonyl (C=O) groups is 2. The van der Waals surface area contributed by atoms with Gasteiger partial charge in [-0.2, -0.15) is 0 Å². The number of carboxylic acids is 1. The molecule has 1 fully saturated rings. The molecule has 1 aliphatic rings. The highest BCUT2D eigenvalue weighted by molar-refractivity contribution is 5.82. The molecule has 0 saturated carbocycles. The van der Waals surface area contributed by atoms with Crippen molar-refractivity contribution in [3.63, 3.8) is 0 Å². The van der Waals surface area contributed by atoms with E-state index in [2.05, 4.69) is 10.2 Å². The molecule has 0 bridgehead atoms. The van der Waals surface area contributed by atoms with Gasteiger partial charge in [0.05, 0.1) is 12.1 Å². The Balaban J connectivity index is 1.68. The van der Waals surface area contributed by atoms with Gasteiger partial charge in [0, 0.05) is 13.0 Å². The van der Waals surface area contributed by atoms with E-state index in [-0.39, 0.29) is 24.4 Å². The highest BCUT2D eigenvalue weighted by atomic mass is 16.4. The number of hydrogen-bond donors (Lipinski definition) is 2. The lowest BCUT2D eigenvalue weighted by Crippen LogP contribution is -2.49. The zero-order valence-electron chi connectivity index (χ0n) is 17.0. The van der Waals surface area contributed by atoms with Crippen LogP contribution >= 0.6 is 0 Å². The fraction of sp³-hybridized carbons (Fsp3) is 0.417. The smallest absolute Gasteiger partial charge is 0.303 e. The van der Waals surface area contributed by atoms with Crippen LogP contribution in [0, 0.1) is 5.92 Å². The van der Waals surface area contributed by atoms with Crippen LogP contribution in [0.15, 0.2) is 60.7 Å². The van der Waals surface area contributed by atoms with E-state index >= 15 is 0 Å². The Morgan fingerprint density at radius 3 is 2.21 bits per heavy atom. The zero-order chi connectivity index (χ0) is 20.6. The summed E-state index contributed by atoms with van der Waals surface area (Å²) in [6, 6.07) is 19.6. The van der Waals surface area contributed by atoms with E-state index in [0.29, 0.717) is 12.3 Å². The van der Waals surface area contributed by atoms with Crippen molar-refractivity contribution in [1.29, 1.82) is 0 Å². The number of amides is 1. The topological polar surface area (TPSA) is 69.6 Å². The number of likely N-dealkylation sites (tertiary alicyclic amines) is 1. The summed E-state index contributed by atoms with van der Waals surface area (Å²) in [6.45, 7) is 3.60. The number of hydrogen-bond acceptors (Lipinski definition) is 3. The molecule has 3 rings (SSSR count). The minimum Gasteiger partial charge on any atom is -0.481 e. The number of nitrogens with one attached hydrogen (secondary N) is 1. The summed E-state index contributed by atoms with van der Waals surface area (Å²) in [4.78, 5) is 26.2. The summed E-state index contributed by atoms with van der Waals surface area (Å²) in [5, 5.41) is 12.2. The number of nitrogens with zero attached hydrogens (tertiary/aromatic N) is 1. The van der Waals surface area contributed by atoms with Crippen LogP contribution in [0.5, 0.6) is 0 Å². The molecule has 1 aliphatic heterocycles. The van der Waals surface area contributed by atoms with E-state index in [1.807, 2.05) is 67.6 Å². The molecule has 0 spiro atoms. The van der Waals surface area contributed by atoms with Crippen LogP contribution < -0.4 is 5.32 Å². The summed E-state index contributed by atoms with van der Waals surface area (Å²) in [5.41, 5.74) is 2.11. The Morgan fingerprint density at radius 1 is 1.07 bits per heavy atom. The summed E-state index contributed by atoms with van der Waals surface area (Å²) in [5.74, 6) is -0.405. The summed E-state index contributed by atoms with van der Waals surface area (Å²) in [7, 11) is 0. The summed E-state index contributed by atoms with van der Waals surface area (Å²) < 4.78 is 0. The van der Waals surface area contributed by atoms with Gasteiger partial charge in [-0.1, -0.05) is 60.7 Å². The maximum Gasteiger partial charge on any atom is 0.303 e.